The molecule has 2 aromatic carbocycles. The van der Waals surface area contributed by atoms with Crippen LogP contribution in [0.15, 0.2) is 42.5 Å². The molecule has 0 aliphatic rings. The lowest BCUT2D eigenvalue weighted by molar-refractivity contribution is 0.0823. The number of aryl methyl sites for hydroxylation is 1. The third-order valence-electron chi connectivity index (χ3n) is 4.00. The van der Waals surface area contributed by atoms with Gasteiger partial charge in [-0.25, -0.2) is 0 Å². The lowest BCUT2D eigenvalue weighted by Crippen LogP contribution is -2.21. The first-order chi connectivity index (χ1) is 11.0. The molecule has 0 radical (unpaired) electrons. The van der Waals surface area contributed by atoms with Gasteiger partial charge in [-0.05, 0) is 47.9 Å². The Hall–Kier alpha value is -2.75. The topological polar surface area (TPSA) is 48.1 Å². The summed E-state index contributed by atoms with van der Waals surface area (Å²) >= 11 is 0. The number of anilines is 1. The SMILES string of the molecule is CNc1ccc(-c2cc(C)cc3[nH]c(C(=O)N(C)C)cc23)cc1. The summed E-state index contributed by atoms with van der Waals surface area (Å²) < 4.78 is 0. The van der Waals surface area contributed by atoms with Crippen LogP contribution in [0.2, 0.25) is 0 Å². The van der Waals surface area contributed by atoms with E-state index in [1.165, 1.54) is 0 Å². The van der Waals surface area contributed by atoms with Crippen molar-refractivity contribution in [3.05, 3.63) is 53.7 Å². The second-order valence-corrected chi connectivity index (χ2v) is 5.98. The predicted molar refractivity (Wildman–Crippen MR) is 96.0 cm³/mol. The van der Waals surface area contributed by atoms with Crippen LogP contribution in [-0.2, 0) is 0 Å². The van der Waals surface area contributed by atoms with E-state index in [2.05, 4.69) is 53.6 Å². The summed E-state index contributed by atoms with van der Waals surface area (Å²) in [6, 6.07) is 14.5. The van der Waals surface area contributed by atoms with E-state index in [0.717, 1.165) is 33.3 Å². The van der Waals surface area contributed by atoms with E-state index in [1.807, 2.05) is 13.1 Å². The van der Waals surface area contributed by atoms with Gasteiger partial charge in [0.15, 0.2) is 0 Å². The van der Waals surface area contributed by atoms with Crippen molar-refractivity contribution >= 4 is 22.5 Å². The van der Waals surface area contributed by atoms with Gasteiger partial charge in [-0.1, -0.05) is 18.2 Å². The molecule has 3 rings (SSSR count). The van der Waals surface area contributed by atoms with Crippen LogP contribution in [0.4, 0.5) is 5.69 Å². The molecule has 23 heavy (non-hydrogen) atoms. The van der Waals surface area contributed by atoms with Gasteiger partial charge in [0.25, 0.3) is 5.91 Å². The summed E-state index contributed by atoms with van der Waals surface area (Å²) in [4.78, 5) is 17.0. The third kappa shape index (κ3) is 2.80. The zero-order valence-corrected chi connectivity index (χ0v) is 13.9. The number of carbonyl (C=O) groups excluding carboxylic acids is 1. The molecule has 2 N–H and O–H groups in total. The van der Waals surface area contributed by atoms with Crippen LogP contribution in [0, 0.1) is 6.92 Å². The van der Waals surface area contributed by atoms with Crippen LogP contribution in [0.1, 0.15) is 16.1 Å². The predicted octanol–water partition coefficient (Wildman–Crippen LogP) is 3.89. The third-order valence-corrected chi connectivity index (χ3v) is 4.00. The highest BCUT2D eigenvalue weighted by atomic mass is 16.2. The van der Waals surface area contributed by atoms with Gasteiger partial charge in [0.1, 0.15) is 5.69 Å². The van der Waals surface area contributed by atoms with Crippen molar-refractivity contribution in [3.63, 3.8) is 0 Å². The molecule has 0 aliphatic heterocycles. The Morgan fingerprint density at radius 1 is 1.09 bits per heavy atom. The van der Waals surface area contributed by atoms with Gasteiger partial charge in [0, 0.05) is 37.7 Å². The van der Waals surface area contributed by atoms with Gasteiger partial charge in [-0.3, -0.25) is 4.79 Å². The Morgan fingerprint density at radius 2 is 1.78 bits per heavy atom. The molecule has 1 aromatic heterocycles. The van der Waals surface area contributed by atoms with E-state index in [1.54, 1.807) is 19.0 Å². The van der Waals surface area contributed by atoms with E-state index in [0.29, 0.717) is 5.69 Å². The number of H-pyrrole nitrogens is 1. The van der Waals surface area contributed by atoms with Crippen LogP contribution >= 0.6 is 0 Å². The number of hydrogen-bond acceptors (Lipinski definition) is 2. The molecule has 118 valence electrons. The van der Waals surface area contributed by atoms with E-state index in [4.69, 9.17) is 0 Å². The summed E-state index contributed by atoms with van der Waals surface area (Å²) in [5.41, 5.74) is 6.12. The number of fused-ring (bicyclic) bond motifs is 1. The highest BCUT2D eigenvalue weighted by molar-refractivity contribution is 6.03. The summed E-state index contributed by atoms with van der Waals surface area (Å²) in [6.07, 6.45) is 0. The van der Waals surface area contributed by atoms with Crippen molar-refractivity contribution in [2.45, 2.75) is 6.92 Å². The fraction of sp³-hybridized carbons (Fsp3) is 0.211. The van der Waals surface area contributed by atoms with E-state index >= 15 is 0 Å². The maximum absolute atomic E-state index is 12.2. The lowest BCUT2D eigenvalue weighted by Gasteiger charge is -2.07. The van der Waals surface area contributed by atoms with Gasteiger partial charge in [-0.15, -0.1) is 0 Å². The van der Waals surface area contributed by atoms with Crippen molar-refractivity contribution < 1.29 is 4.79 Å². The lowest BCUT2D eigenvalue weighted by atomic mass is 9.99. The molecular weight excluding hydrogens is 286 g/mol. The van der Waals surface area contributed by atoms with Crippen LogP contribution in [0.5, 0.6) is 0 Å². The number of hydrogen-bond donors (Lipinski definition) is 2. The molecule has 0 saturated carbocycles. The molecule has 0 aliphatic carbocycles. The number of aromatic amines is 1. The van der Waals surface area contributed by atoms with Crippen LogP contribution < -0.4 is 5.32 Å². The molecule has 1 amide bonds. The summed E-state index contributed by atoms with van der Waals surface area (Å²) in [5.74, 6) is -0.0182. The zero-order chi connectivity index (χ0) is 16.6. The fourth-order valence-electron chi connectivity index (χ4n) is 2.79. The molecule has 0 unspecified atom stereocenters. The van der Waals surface area contributed by atoms with Crippen LogP contribution in [0.25, 0.3) is 22.0 Å². The number of amides is 1. The number of nitrogens with zero attached hydrogens (tertiary/aromatic N) is 1. The van der Waals surface area contributed by atoms with Crippen molar-refractivity contribution in [3.8, 4) is 11.1 Å². The molecule has 0 bridgehead atoms. The molecule has 0 fully saturated rings. The molecule has 0 atom stereocenters. The monoisotopic (exact) mass is 307 g/mol. The van der Waals surface area contributed by atoms with Gasteiger partial charge in [-0.2, -0.15) is 0 Å². The van der Waals surface area contributed by atoms with Gasteiger partial charge in [0.05, 0.1) is 0 Å². The van der Waals surface area contributed by atoms with Gasteiger partial charge < -0.3 is 15.2 Å². The Balaban J connectivity index is 2.17. The Morgan fingerprint density at radius 3 is 2.39 bits per heavy atom. The second-order valence-electron chi connectivity index (χ2n) is 5.98. The summed E-state index contributed by atoms with van der Waals surface area (Å²) in [5, 5.41) is 4.20. The van der Waals surface area contributed by atoms with Crippen LogP contribution in [0.3, 0.4) is 0 Å². The largest absolute Gasteiger partial charge is 0.388 e. The molecule has 0 spiro atoms. The zero-order valence-electron chi connectivity index (χ0n) is 13.9. The maximum Gasteiger partial charge on any atom is 0.269 e. The Kier molecular flexibility index (Phi) is 3.82. The van der Waals surface area contributed by atoms with Crippen molar-refractivity contribution in [1.82, 2.24) is 9.88 Å². The fourth-order valence-corrected chi connectivity index (χ4v) is 2.79. The van der Waals surface area contributed by atoms with E-state index in [-0.39, 0.29) is 5.91 Å². The molecule has 4 nitrogen and oxygen atoms in total. The Bertz CT molecular complexity index is 860. The standard InChI is InChI=1S/C19H21N3O/c1-12-9-15(13-5-7-14(20-2)8-6-13)16-11-18(19(23)22(3)4)21-17(16)10-12/h5-11,20-21H,1-4H3. The first kappa shape index (κ1) is 15.2. The minimum atomic E-state index is -0.0182. The summed E-state index contributed by atoms with van der Waals surface area (Å²) in [7, 11) is 5.43. The number of rotatable bonds is 3. The van der Waals surface area contributed by atoms with E-state index < -0.39 is 0 Å². The maximum atomic E-state index is 12.2. The second kappa shape index (κ2) is 5.80. The Labute approximate surface area is 136 Å². The minimum absolute atomic E-state index is 0.0182. The number of carbonyl (C=O) groups is 1. The minimum Gasteiger partial charge on any atom is -0.388 e. The normalized spacial score (nSPS) is 10.8. The quantitative estimate of drug-likeness (QED) is 0.771. The average molecular weight is 307 g/mol. The number of benzene rings is 2. The van der Waals surface area contributed by atoms with Crippen molar-refractivity contribution in [1.29, 1.82) is 0 Å². The summed E-state index contributed by atoms with van der Waals surface area (Å²) in [6.45, 7) is 2.07. The molecule has 0 saturated heterocycles. The van der Waals surface area contributed by atoms with Gasteiger partial charge in [0.2, 0.25) is 0 Å². The van der Waals surface area contributed by atoms with Crippen LogP contribution in [-0.4, -0.2) is 36.9 Å². The molecule has 3 aromatic rings. The van der Waals surface area contributed by atoms with Gasteiger partial charge >= 0.3 is 0 Å². The van der Waals surface area contributed by atoms with E-state index in [9.17, 15) is 4.79 Å². The highest BCUT2D eigenvalue weighted by Gasteiger charge is 2.14. The highest BCUT2D eigenvalue weighted by Crippen LogP contribution is 2.31. The molecule has 1 heterocycles. The molecule has 4 heteroatoms. The first-order valence-electron chi connectivity index (χ1n) is 7.63. The average Bonchev–Trinajstić information content (AvgIpc) is 2.97. The number of nitrogens with one attached hydrogen (secondary N) is 2. The smallest absolute Gasteiger partial charge is 0.269 e. The molecular formula is C19H21N3O. The van der Waals surface area contributed by atoms with Crippen molar-refractivity contribution in [2.24, 2.45) is 0 Å². The van der Waals surface area contributed by atoms with Crippen molar-refractivity contribution in [2.75, 3.05) is 26.5 Å². The number of aromatic nitrogens is 1. The first-order valence-corrected chi connectivity index (χ1v) is 7.63.